The summed E-state index contributed by atoms with van der Waals surface area (Å²) in [5.74, 6) is 0.204. The highest BCUT2D eigenvalue weighted by Crippen LogP contribution is 2.11. The van der Waals surface area contributed by atoms with Gasteiger partial charge in [-0.15, -0.1) is 0 Å². The maximum Gasteiger partial charge on any atom is 0.407 e. The van der Waals surface area contributed by atoms with Crippen molar-refractivity contribution in [1.29, 1.82) is 0 Å². The van der Waals surface area contributed by atoms with Crippen LogP contribution in [0.2, 0.25) is 0 Å². The van der Waals surface area contributed by atoms with E-state index in [0.717, 1.165) is 12.8 Å². The van der Waals surface area contributed by atoms with Crippen molar-refractivity contribution in [3.05, 3.63) is 0 Å². The van der Waals surface area contributed by atoms with E-state index in [1.807, 2.05) is 0 Å². The third-order valence-electron chi connectivity index (χ3n) is 3.79. The second kappa shape index (κ2) is 10.0. The van der Waals surface area contributed by atoms with Gasteiger partial charge in [0.05, 0.1) is 18.1 Å². The molecule has 1 atom stereocenters. The number of hydrogen-bond acceptors (Lipinski definition) is 4. The molecule has 1 rings (SSSR count). The van der Waals surface area contributed by atoms with Crippen LogP contribution in [0.15, 0.2) is 0 Å². The van der Waals surface area contributed by atoms with Crippen molar-refractivity contribution in [3.63, 3.8) is 0 Å². The average Bonchev–Trinajstić information content (AvgIpc) is 2.76. The topological polar surface area (TPSA) is 72.5 Å². The highest BCUT2D eigenvalue weighted by molar-refractivity contribution is 7.91. The summed E-state index contributed by atoms with van der Waals surface area (Å²) in [7, 11) is -2.95. The zero-order chi connectivity index (χ0) is 15.6. The van der Waals surface area contributed by atoms with Gasteiger partial charge in [0.25, 0.3) is 0 Å². The van der Waals surface area contributed by atoms with Crippen LogP contribution in [0.25, 0.3) is 0 Å². The number of carbonyl (C=O) groups is 1. The predicted octanol–water partition coefficient (Wildman–Crippen LogP) is 3.04. The van der Waals surface area contributed by atoms with Gasteiger partial charge in [-0.2, -0.15) is 0 Å². The van der Waals surface area contributed by atoms with Gasteiger partial charge >= 0.3 is 6.09 Å². The molecule has 0 aromatic carbocycles. The predicted molar refractivity (Wildman–Crippen MR) is 84.2 cm³/mol. The molecule has 21 heavy (non-hydrogen) atoms. The van der Waals surface area contributed by atoms with E-state index >= 15 is 0 Å². The van der Waals surface area contributed by atoms with Gasteiger partial charge in [-0.05, 0) is 12.8 Å². The van der Waals surface area contributed by atoms with Crippen molar-refractivity contribution in [2.45, 2.75) is 70.8 Å². The molecule has 1 heterocycles. The molecule has 1 fully saturated rings. The molecule has 0 saturated carbocycles. The summed E-state index contributed by atoms with van der Waals surface area (Å²) in [6.45, 7) is 2.63. The summed E-state index contributed by atoms with van der Waals surface area (Å²) in [5.41, 5.74) is 0. The molecule has 1 aliphatic rings. The third kappa shape index (κ3) is 8.96. The molecule has 1 amide bonds. The lowest BCUT2D eigenvalue weighted by atomic mass is 10.1. The smallest absolute Gasteiger partial charge is 0.407 e. The number of rotatable bonds is 10. The van der Waals surface area contributed by atoms with Crippen molar-refractivity contribution < 1.29 is 17.9 Å². The molecule has 0 aliphatic carbocycles. The Labute approximate surface area is 128 Å². The number of nitrogens with one attached hydrogen (secondary N) is 1. The average molecular weight is 319 g/mol. The number of sulfone groups is 1. The first-order valence-electron chi connectivity index (χ1n) is 8.17. The minimum atomic E-state index is -2.95. The van der Waals surface area contributed by atoms with Crippen molar-refractivity contribution in [2.24, 2.45) is 0 Å². The molecule has 0 aromatic rings. The Morgan fingerprint density at radius 2 is 1.71 bits per heavy atom. The maximum absolute atomic E-state index is 11.5. The minimum Gasteiger partial charge on any atom is -0.450 e. The number of amides is 1. The lowest BCUT2D eigenvalue weighted by molar-refractivity contribution is 0.141. The zero-order valence-corrected chi connectivity index (χ0v) is 13.9. The van der Waals surface area contributed by atoms with Crippen LogP contribution in [-0.2, 0) is 14.6 Å². The first kappa shape index (κ1) is 18.3. The van der Waals surface area contributed by atoms with Crippen molar-refractivity contribution >= 4 is 15.9 Å². The third-order valence-corrected chi connectivity index (χ3v) is 5.55. The molecule has 0 bridgehead atoms. The van der Waals surface area contributed by atoms with Crippen LogP contribution in [0.5, 0.6) is 0 Å². The Balaban J connectivity index is 1.92. The summed E-state index contributed by atoms with van der Waals surface area (Å²) in [5, 5.41) is 2.62. The zero-order valence-electron chi connectivity index (χ0n) is 13.1. The molecule has 124 valence electrons. The lowest BCUT2D eigenvalue weighted by Gasteiger charge is -2.11. The molecule has 1 N–H and O–H groups in total. The lowest BCUT2D eigenvalue weighted by Crippen LogP contribution is -2.36. The van der Waals surface area contributed by atoms with E-state index in [1.54, 1.807) is 0 Å². The van der Waals surface area contributed by atoms with Crippen LogP contribution in [0, 0.1) is 0 Å². The van der Waals surface area contributed by atoms with Crippen LogP contribution >= 0.6 is 0 Å². The van der Waals surface area contributed by atoms with Gasteiger partial charge in [0, 0.05) is 6.04 Å². The molecule has 6 heteroatoms. The van der Waals surface area contributed by atoms with Crippen molar-refractivity contribution in [2.75, 3.05) is 18.1 Å². The van der Waals surface area contributed by atoms with E-state index in [-0.39, 0.29) is 17.5 Å². The van der Waals surface area contributed by atoms with Crippen LogP contribution in [-0.4, -0.2) is 38.7 Å². The summed E-state index contributed by atoms with van der Waals surface area (Å²) in [6, 6.07) is -0.277. The maximum atomic E-state index is 11.5. The molecule has 0 unspecified atom stereocenters. The summed E-state index contributed by atoms with van der Waals surface area (Å²) >= 11 is 0. The standard InChI is InChI=1S/C15H29NO4S/c1-2-3-4-5-6-7-8-9-11-20-15(17)16-14-10-12-21(18,19)13-14/h14H,2-13H2,1H3,(H,16,17)/t14-/m1/s1. The number of ether oxygens (including phenoxy) is 1. The summed E-state index contributed by atoms with van der Waals surface area (Å²) in [4.78, 5) is 11.5. The second-order valence-electron chi connectivity index (χ2n) is 5.86. The van der Waals surface area contributed by atoms with Gasteiger partial charge in [0.15, 0.2) is 9.84 Å². The van der Waals surface area contributed by atoms with E-state index in [0.29, 0.717) is 13.0 Å². The van der Waals surface area contributed by atoms with Gasteiger partial charge in [0.1, 0.15) is 0 Å². The monoisotopic (exact) mass is 319 g/mol. The first-order chi connectivity index (χ1) is 10.0. The number of hydrogen-bond donors (Lipinski definition) is 1. The fourth-order valence-corrected chi connectivity index (χ4v) is 4.19. The summed E-state index contributed by atoms with van der Waals surface area (Å²) < 4.78 is 27.6. The Morgan fingerprint density at radius 3 is 2.29 bits per heavy atom. The van der Waals surface area contributed by atoms with E-state index < -0.39 is 15.9 Å². The quantitative estimate of drug-likeness (QED) is 0.628. The number of unbranched alkanes of at least 4 members (excludes halogenated alkanes) is 7. The fourth-order valence-electron chi connectivity index (χ4n) is 2.52. The Kier molecular flexibility index (Phi) is 8.73. The molecular formula is C15H29NO4S. The van der Waals surface area contributed by atoms with Gasteiger partial charge in [-0.25, -0.2) is 13.2 Å². The van der Waals surface area contributed by atoms with E-state index in [2.05, 4.69) is 12.2 Å². The molecule has 1 saturated heterocycles. The number of alkyl carbamates (subject to hydrolysis) is 1. The van der Waals surface area contributed by atoms with E-state index in [1.165, 1.54) is 38.5 Å². The molecular weight excluding hydrogens is 290 g/mol. The van der Waals surface area contributed by atoms with Crippen LogP contribution in [0.1, 0.15) is 64.7 Å². The molecule has 0 aromatic heterocycles. The van der Waals surface area contributed by atoms with Crippen molar-refractivity contribution in [1.82, 2.24) is 5.32 Å². The van der Waals surface area contributed by atoms with Gasteiger partial charge in [-0.3, -0.25) is 0 Å². The molecule has 0 radical (unpaired) electrons. The summed E-state index contributed by atoms with van der Waals surface area (Å²) in [6.07, 6.45) is 9.62. The minimum absolute atomic E-state index is 0.0415. The van der Waals surface area contributed by atoms with Gasteiger partial charge in [0.2, 0.25) is 0 Å². The van der Waals surface area contributed by atoms with Crippen LogP contribution in [0.4, 0.5) is 4.79 Å². The largest absolute Gasteiger partial charge is 0.450 e. The Hall–Kier alpha value is -0.780. The normalized spacial score (nSPS) is 20.3. The molecule has 0 spiro atoms. The highest BCUT2D eigenvalue weighted by atomic mass is 32.2. The molecule has 1 aliphatic heterocycles. The Bertz CT molecular complexity index is 394. The fraction of sp³-hybridized carbons (Fsp3) is 0.933. The van der Waals surface area contributed by atoms with E-state index in [9.17, 15) is 13.2 Å². The Morgan fingerprint density at radius 1 is 1.10 bits per heavy atom. The SMILES string of the molecule is CCCCCCCCCCOC(=O)N[C@@H]1CCS(=O)(=O)C1. The van der Waals surface area contributed by atoms with Crippen LogP contribution in [0.3, 0.4) is 0 Å². The van der Waals surface area contributed by atoms with Gasteiger partial charge < -0.3 is 10.1 Å². The van der Waals surface area contributed by atoms with Crippen LogP contribution < -0.4 is 5.32 Å². The second-order valence-corrected chi connectivity index (χ2v) is 8.08. The van der Waals surface area contributed by atoms with Crippen molar-refractivity contribution in [3.8, 4) is 0 Å². The number of carbonyl (C=O) groups excluding carboxylic acids is 1. The van der Waals surface area contributed by atoms with E-state index in [4.69, 9.17) is 4.74 Å². The van der Waals surface area contributed by atoms with Gasteiger partial charge in [-0.1, -0.05) is 51.9 Å². The first-order valence-corrected chi connectivity index (χ1v) is 9.99. The molecule has 5 nitrogen and oxygen atoms in total. The highest BCUT2D eigenvalue weighted by Gasteiger charge is 2.29.